The van der Waals surface area contributed by atoms with Crippen molar-refractivity contribution in [3.63, 3.8) is 0 Å². The lowest BCUT2D eigenvalue weighted by Crippen LogP contribution is -1.91. The van der Waals surface area contributed by atoms with Crippen LogP contribution in [0.2, 0.25) is 10.0 Å². The Hall–Kier alpha value is -1.97. The van der Waals surface area contributed by atoms with Crippen LogP contribution in [0.5, 0.6) is 11.5 Å². The first-order valence-corrected chi connectivity index (χ1v) is 6.65. The van der Waals surface area contributed by atoms with Gasteiger partial charge in [0.15, 0.2) is 0 Å². The summed E-state index contributed by atoms with van der Waals surface area (Å²) in [6.07, 6.45) is 3.41. The van der Waals surface area contributed by atoms with Gasteiger partial charge in [0.2, 0.25) is 0 Å². The first-order chi connectivity index (χ1) is 9.63. The second-order valence-electron chi connectivity index (χ2n) is 4.28. The van der Waals surface area contributed by atoms with E-state index in [9.17, 15) is 0 Å². The molecule has 0 aliphatic rings. The van der Waals surface area contributed by atoms with Crippen LogP contribution in [0.4, 0.5) is 5.69 Å². The summed E-state index contributed by atoms with van der Waals surface area (Å²) in [4.78, 5) is 4.10. The van der Waals surface area contributed by atoms with Crippen LogP contribution in [0.1, 0.15) is 0 Å². The number of nitrogens with zero attached hydrogens (tertiary/aromatic N) is 1. The van der Waals surface area contributed by atoms with E-state index in [1.807, 2.05) is 6.07 Å². The van der Waals surface area contributed by atoms with Gasteiger partial charge in [-0.1, -0.05) is 23.2 Å². The zero-order valence-electron chi connectivity index (χ0n) is 10.3. The molecule has 0 amide bonds. The van der Waals surface area contributed by atoms with Crippen molar-refractivity contribution in [2.75, 3.05) is 5.73 Å². The van der Waals surface area contributed by atoms with Crippen LogP contribution in [0.3, 0.4) is 0 Å². The van der Waals surface area contributed by atoms with Crippen molar-refractivity contribution in [2.24, 2.45) is 0 Å². The average molecular weight is 305 g/mol. The Balaban J connectivity index is 2.09. The molecule has 0 unspecified atom stereocenters. The highest BCUT2D eigenvalue weighted by atomic mass is 35.5. The molecule has 2 aromatic carbocycles. The minimum Gasteiger partial charge on any atom is -0.457 e. The molecule has 0 spiro atoms. The number of anilines is 1. The second kappa shape index (κ2) is 5.19. The maximum absolute atomic E-state index is 5.96. The van der Waals surface area contributed by atoms with E-state index in [4.69, 9.17) is 33.7 Å². The Labute approximate surface area is 125 Å². The molecule has 0 fully saturated rings. The molecule has 20 heavy (non-hydrogen) atoms. The van der Waals surface area contributed by atoms with Gasteiger partial charge in [-0.05, 0) is 36.4 Å². The molecule has 0 saturated heterocycles. The molecule has 0 radical (unpaired) electrons. The van der Waals surface area contributed by atoms with Gasteiger partial charge in [-0.3, -0.25) is 4.98 Å². The standard InChI is InChI=1S/C15H10Cl2N2O/c16-9-5-10(17)7-11(6-9)20-15-2-1-14(18)12-3-4-19-8-13(12)15/h1-8H,18H2. The highest BCUT2D eigenvalue weighted by molar-refractivity contribution is 6.34. The van der Waals surface area contributed by atoms with E-state index in [1.54, 1.807) is 42.7 Å². The van der Waals surface area contributed by atoms with Crippen molar-refractivity contribution >= 4 is 39.7 Å². The number of halogens is 2. The minimum atomic E-state index is 0.519. The number of nitrogens with two attached hydrogens (primary N) is 1. The number of fused-ring (bicyclic) bond motifs is 1. The van der Waals surface area contributed by atoms with Gasteiger partial charge in [-0.25, -0.2) is 0 Å². The van der Waals surface area contributed by atoms with Crippen molar-refractivity contribution in [3.8, 4) is 11.5 Å². The first kappa shape index (κ1) is 13.0. The van der Waals surface area contributed by atoms with Crippen LogP contribution in [0.15, 0.2) is 48.8 Å². The fourth-order valence-electron chi connectivity index (χ4n) is 1.99. The third kappa shape index (κ3) is 2.50. The van der Waals surface area contributed by atoms with E-state index in [2.05, 4.69) is 4.98 Å². The zero-order chi connectivity index (χ0) is 14.1. The summed E-state index contributed by atoms with van der Waals surface area (Å²) in [6.45, 7) is 0. The summed E-state index contributed by atoms with van der Waals surface area (Å²) in [7, 11) is 0. The van der Waals surface area contributed by atoms with Crippen molar-refractivity contribution < 1.29 is 4.74 Å². The van der Waals surface area contributed by atoms with Crippen LogP contribution >= 0.6 is 23.2 Å². The molecule has 0 saturated carbocycles. The molecule has 3 rings (SSSR count). The maximum Gasteiger partial charge on any atom is 0.136 e. The fraction of sp³-hybridized carbons (Fsp3) is 0. The number of pyridine rings is 1. The van der Waals surface area contributed by atoms with Gasteiger partial charge in [0.05, 0.1) is 0 Å². The van der Waals surface area contributed by atoms with Gasteiger partial charge in [0, 0.05) is 38.9 Å². The minimum absolute atomic E-state index is 0.519. The predicted molar refractivity (Wildman–Crippen MR) is 82.7 cm³/mol. The molecule has 3 nitrogen and oxygen atoms in total. The van der Waals surface area contributed by atoms with Gasteiger partial charge < -0.3 is 10.5 Å². The van der Waals surface area contributed by atoms with E-state index in [1.165, 1.54) is 0 Å². The molecule has 0 aliphatic heterocycles. The van der Waals surface area contributed by atoms with Crippen molar-refractivity contribution in [1.82, 2.24) is 4.98 Å². The van der Waals surface area contributed by atoms with Crippen molar-refractivity contribution in [1.29, 1.82) is 0 Å². The van der Waals surface area contributed by atoms with Gasteiger partial charge in [-0.2, -0.15) is 0 Å². The summed E-state index contributed by atoms with van der Waals surface area (Å²) in [5.74, 6) is 1.22. The molecular weight excluding hydrogens is 295 g/mol. The molecule has 0 atom stereocenters. The highest BCUT2D eigenvalue weighted by Gasteiger charge is 2.07. The van der Waals surface area contributed by atoms with Crippen LogP contribution < -0.4 is 10.5 Å². The highest BCUT2D eigenvalue weighted by Crippen LogP contribution is 2.34. The van der Waals surface area contributed by atoms with Crippen molar-refractivity contribution in [3.05, 3.63) is 58.8 Å². The fourth-order valence-corrected chi connectivity index (χ4v) is 2.50. The van der Waals surface area contributed by atoms with E-state index >= 15 is 0 Å². The molecule has 0 bridgehead atoms. The number of hydrogen-bond donors (Lipinski definition) is 1. The van der Waals surface area contributed by atoms with Crippen LogP contribution in [0, 0.1) is 0 Å². The van der Waals surface area contributed by atoms with E-state index in [0.717, 1.165) is 10.8 Å². The number of hydrogen-bond acceptors (Lipinski definition) is 3. The predicted octanol–water partition coefficient (Wildman–Crippen LogP) is 4.92. The van der Waals surface area contributed by atoms with E-state index in [0.29, 0.717) is 27.2 Å². The third-order valence-electron chi connectivity index (χ3n) is 2.88. The quantitative estimate of drug-likeness (QED) is 0.684. The second-order valence-corrected chi connectivity index (χ2v) is 5.15. The topological polar surface area (TPSA) is 48.1 Å². The molecular formula is C15H10Cl2N2O. The summed E-state index contributed by atoms with van der Waals surface area (Å²) < 4.78 is 5.84. The molecule has 5 heteroatoms. The summed E-state index contributed by atoms with van der Waals surface area (Å²) in [6, 6.07) is 10.5. The molecule has 1 heterocycles. The van der Waals surface area contributed by atoms with Gasteiger partial charge in [-0.15, -0.1) is 0 Å². The Kier molecular flexibility index (Phi) is 3.38. The number of rotatable bonds is 2. The molecule has 100 valence electrons. The first-order valence-electron chi connectivity index (χ1n) is 5.89. The Morgan fingerprint density at radius 2 is 1.70 bits per heavy atom. The normalized spacial score (nSPS) is 10.7. The largest absolute Gasteiger partial charge is 0.457 e. The lowest BCUT2D eigenvalue weighted by molar-refractivity contribution is 0.488. The Bertz CT molecular complexity index is 770. The summed E-state index contributed by atoms with van der Waals surface area (Å²) >= 11 is 11.9. The van der Waals surface area contributed by atoms with Crippen LogP contribution in [0.25, 0.3) is 10.8 Å². The van der Waals surface area contributed by atoms with Crippen LogP contribution in [-0.4, -0.2) is 4.98 Å². The SMILES string of the molecule is Nc1ccc(Oc2cc(Cl)cc(Cl)c2)c2cnccc12. The summed E-state index contributed by atoms with van der Waals surface area (Å²) in [5.41, 5.74) is 6.62. The number of nitrogen functional groups attached to an aromatic ring is 1. The Morgan fingerprint density at radius 3 is 2.45 bits per heavy atom. The van der Waals surface area contributed by atoms with Gasteiger partial charge in [0.25, 0.3) is 0 Å². The van der Waals surface area contributed by atoms with E-state index < -0.39 is 0 Å². The van der Waals surface area contributed by atoms with E-state index in [-0.39, 0.29) is 0 Å². The lowest BCUT2D eigenvalue weighted by Gasteiger charge is -2.10. The molecule has 0 aliphatic carbocycles. The number of ether oxygens (including phenoxy) is 1. The van der Waals surface area contributed by atoms with Gasteiger partial charge >= 0.3 is 0 Å². The number of aromatic nitrogens is 1. The van der Waals surface area contributed by atoms with Crippen molar-refractivity contribution in [2.45, 2.75) is 0 Å². The van der Waals surface area contributed by atoms with Crippen LogP contribution in [-0.2, 0) is 0 Å². The zero-order valence-corrected chi connectivity index (χ0v) is 11.8. The molecule has 3 aromatic rings. The lowest BCUT2D eigenvalue weighted by atomic mass is 10.1. The maximum atomic E-state index is 5.96. The smallest absolute Gasteiger partial charge is 0.136 e. The molecule has 1 aromatic heterocycles. The average Bonchev–Trinajstić information content (AvgIpc) is 2.41. The Morgan fingerprint density at radius 1 is 0.950 bits per heavy atom. The molecule has 2 N–H and O–H groups in total. The number of benzene rings is 2. The van der Waals surface area contributed by atoms with Gasteiger partial charge in [0.1, 0.15) is 11.5 Å². The third-order valence-corrected chi connectivity index (χ3v) is 3.31. The monoisotopic (exact) mass is 304 g/mol. The summed E-state index contributed by atoms with van der Waals surface area (Å²) in [5, 5.41) is 2.77.